The Morgan fingerprint density at radius 2 is 1.65 bits per heavy atom. The van der Waals surface area contributed by atoms with E-state index in [0.717, 1.165) is 22.5 Å². The van der Waals surface area contributed by atoms with Crippen molar-refractivity contribution in [1.29, 1.82) is 0 Å². The zero-order valence-electron chi connectivity index (χ0n) is 12.9. The summed E-state index contributed by atoms with van der Waals surface area (Å²) >= 11 is 0. The van der Waals surface area contributed by atoms with Crippen molar-refractivity contribution in [3.63, 3.8) is 0 Å². The smallest absolute Gasteiger partial charge is 0.280 e. The zero-order valence-corrected chi connectivity index (χ0v) is 12.9. The normalized spacial score (nSPS) is 10.3. The zero-order chi connectivity index (χ0) is 16.2. The highest BCUT2D eigenvalue weighted by molar-refractivity contribution is 6.06. The van der Waals surface area contributed by atoms with Gasteiger partial charge in [0.2, 0.25) is 0 Å². The molecule has 3 aromatic rings. The van der Waals surface area contributed by atoms with Gasteiger partial charge in [-0.05, 0) is 37.1 Å². The van der Waals surface area contributed by atoms with Gasteiger partial charge in [0.15, 0.2) is 11.5 Å². The number of nitrogens with zero attached hydrogens (tertiary/aromatic N) is 2. The maximum Gasteiger partial charge on any atom is 0.280 e. The lowest BCUT2D eigenvalue weighted by Gasteiger charge is -2.11. The molecule has 3 rings (SSSR count). The van der Waals surface area contributed by atoms with Crippen molar-refractivity contribution < 1.29 is 4.79 Å². The Labute approximate surface area is 133 Å². The molecule has 0 spiro atoms. The van der Waals surface area contributed by atoms with Gasteiger partial charge in [0.1, 0.15) is 0 Å². The molecule has 3 N–H and O–H groups in total. The van der Waals surface area contributed by atoms with E-state index < -0.39 is 0 Å². The number of H-pyrrole nitrogens is 1. The molecule has 0 saturated heterocycles. The average molecular weight is 307 g/mol. The highest BCUT2D eigenvalue weighted by atomic mass is 16.2. The topological polar surface area (TPSA) is 82.7 Å². The first-order chi connectivity index (χ1) is 11.1. The van der Waals surface area contributed by atoms with Gasteiger partial charge >= 0.3 is 0 Å². The third kappa shape index (κ3) is 3.21. The van der Waals surface area contributed by atoms with Crippen LogP contribution in [-0.4, -0.2) is 21.3 Å². The van der Waals surface area contributed by atoms with Gasteiger partial charge in [-0.25, -0.2) is 0 Å². The van der Waals surface area contributed by atoms with Crippen LogP contribution in [0.25, 0.3) is 0 Å². The number of hydrogen-bond donors (Lipinski definition) is 3. The fraction of sp³-hybridized carbons (Fsp3) is 0.118. The Morgan fingerprint density at radius 3 is 2.35 bits per heavy atom. The minimum absolute atomic E-state index is 0.219. The second kappa shape index (κ2) is 6.31. The third-order valence-corrected chi connectivity index (χ3v) is 3.52. The van der Waals surface area contributed by atoms with Gasteiger partial charge in [-0.2, -0.15) is 5.21 Å². The number of carbonyl (C=O) groups is 1. The number of carbonyl (C=O) groups excluding carboxylic acids is 1. The van der Waals surface area contributed by atoms with E-state index in [-0.39, 0.29) is 11.6 Å². The van der Waals surface area contributed by atoms with E-state index in [1.807, 2.05) is 62.4 Å². The van der Waals surface area contributed by atoms with E-state index in [0.29, 0.717) is 5.82 Å². The Kier molecular flexibility index (Phi) is 4.05. The van der Waals surface area contributed by atoms with Crippen LogP contribution in [0.3, 0.4) is 0 Å². The summed E-state index contributed by atoms with van der Waals surface area (Å²) in [4.78, 5) is 12.5. The van der Waals surface area contributed by atoms with Crippen molar-refractivity contribution in [1.82, 2.24) is 15.4 Å². The summed E-state index contributed by atoms with van der Waals surface area (Å²) in [6, 6.07) is 15.4. The van der Waals surface area contributed by atoms with Gasteiger partial charge in [0.05, 0.1) is 0 Å². The first kappa shape index (κ1) is 14.8. The minimum atomic E-state index is -0.311. The number of aromatic amines is 1. The third-order valence-electron chi connectivity index (χ3n) is 3.52. The number of amides is 1. The van der Waals surface area contributed by atoms with E-state index in [4.69, 9.17) is 0 Å². The van der Waals surface area contributed by atoms with Crippen LogP contribution in [0.15, 0.2) is 48.5 Å². The number of benzene rings is 2. The first-order valence-electron chi connectivity index (χ1n) is 7.25. The van der Waals surface area contributed by atoms with Gasteiger partial charge in [-0.3, -0.25) is 4.79 Å². The molecule has 0 bridgehead atoms. The van der Waals surface area contributed by atoms with Crippen molar-refractivity contribution >= 4 is 23.1 Å². The summed E-state index contributed by atoms with van der Waals surface area (Å²) in [7, 11) is 0. The predicted octanol–water partition coefficient (Wildman–Crippen LogP) is 3.42. The van der Waals surface area contributed by atoms with Crippen molar-refractivity contribution in [2.45, 2.75) is 13.8 Å². The molecule has 0 saturated carbocycles. The molecule has 1 amide bonds. The Bertz CT molecular complexity index is 806. The number of aryl methyl sites for hydroxylation is 2. The lowest BCUT2D eigenvalue weighted by atomic mass is 10.1. The van der Waals surface area contributed by atoms with Gasteiger partial charge < -0.3 is 10.6 Å². The summed E-state index contributed by atoms with van der Waals surface area (Å²) in [5.74, 6) is 0.0783. The number of aromatic nitrogens is 3. The SMILES string of the molecule is Cc1cccc(C)c1NC(=O)c1n[nH]nc1Nc1ccccc1. The lowest BCUT2D eigenvalue weighted by molar-refractivity contribution is 0.102. The summed E-state index contributed by atoms with van der Waals surface area (Å²) in [6.45, 7) is 3.91. The van der Waals surface area contributed by atoms with Crippen LogP contribution in [0.5, 0.6) is 0 Å². The van der Waals surface area contributed by atoms with Gasteiger partial charge in [0.25, 0.3) is 5.91 Å². The molecule has 0 fully saturated rings. The molecule has 0 radical (unpaired) electrons. The van der Waals surface area contributed by atoms with E-state index in [9.17, 15) is 4.79 Å². The van der Waals surface area contributed by atoms with E-state index in [2.05, 4.69) is 26.0 Å². The predicted molar refractivity (Wildman–Crippen MR) is 90.0 cm³/mol. The monoisotopic (exact) mass is 307 g/mol. The van der Waals surface area contributed by atoms with Crippen LogP contribution >= 0.6 is 0 Å². The largest absolute Gasteiger partial charge is 0.337 e. The van der Waals surface area contributed by atoms with Gasteiger partial charge in [-0.15, -0.1) is 10.2 Å². The second-order valence-corrected chi connectivity index (χ2v) is 5.23. The number of para-hydroxylation sites is 2. The average Bonchev–Trinajstić information content (AvgIpc) is 3.00. The summed E-state index contributed by atoms with van der Waals surface area (Å²) in [6.07, 6.45) is 0. The Morgan fingerprint density at radius 1 is 0.957 bits per heavy atom. The number of anilines is 3. The molecule has 6 heteroatoms. The molecule has 6 nitrogen and oxygen atoms in total. The number of rotatable bonds is 4. The maximum atomic E-state index is 12.5. The Balaban J connectivity index is 1.83. The highest BCUT2D eigenvalue weighted by Gasteiger charge is 2.18. The van der Waals surface area contributed by atoms with E-state index >= 15 is 0 Å². The second-order valence-electron chi connectivity index (χ2n) is 5.23. The van der Waals surface area contributed by atoms with E-state index in [1.165, 1.54) is 0 Å². The molecule has 0 aliphatic heterocycles. The van der Waals surface area contributed by atoms with E-state index in [1.54, 1.807) is 0 Å². The van der Waals surface area contributed by atoms with Crippen LogP contribution < -0.4 is 10.6 Å². The van der Waals surface area contributed by atoms with Crippen molar-refractivity contribution in [2.75, 3.05) is 10.6 Å². The minimum Gasteiger partial charge on any atom is -0.337 e. The molecule has 0 aliphatic carbocycles. The van der Waals surface area contributed by atoms with Crippen LogP contribution in [0.2, 0.25) is 0 Å². The van der Waals surface area contributed by atoms with Crippen molar-refractivity contribution in [2.24, 2.45) is 0 Å². The number of nitrogens with one attached hydrogen (secondary N) is 3. The fourth-order valence-electron chi connectivity index (χ4n) is 2.32. The standard InChI is InChI=1S/C17H17N5O/c1-11-7-6-8-12(2)14(11)19-17(23)15-16(21-22-20-15)18-13-9-4-3-5-10-13/h3-10H,1-2H3,(H,19,23)(H2,18,20,21,22). The summed E-state index contributed by atoms with van der Waals surface area (Å²) in [5, 5.41) is 16.4. The molecule has 0 aliphatic rings. The molecule has 2 aromatic carbocycles. The molecule has 1 heterocycles. The fourth-order valence-corrected chi connectivity index (χ4v) is 2.32. The lowest BCUT2D eigenvalue weighted by Crippen LogP contribution is -2.15. The van der Waals surface area contributed by atoms with Crippen LogP contribution in [0.1, 0.15) is 21.6 Å². The molecule has 116 valence electrons. The van der Waals surface area contributed by atoms with Crippen molar-refractivity contribution in [3.8, 4) is 0 Å². The Hall–Kier alpha value is -3.15. The van der Waals surface area contributed by atoms with Crippen LogP contribution in [-0.2, 0) is 0 Å². The molecular weight excluding hydrogens is 290 g/mol. The molecule has 1 aromatic heterocycles. The van der Waals surface area contributed by atoms with Crippen LogP contribution in [0.4, 0.5) is 17.2 Å². The number of hydrogen-bond acceptors (Lipinski definition) is 4. The summed E-state index contributed by atoms with van der Waals surface area (Å²) < 4.78 is 0. The highest BCUT2D eigenvalue weighted by Crippen LogP contribution is 2.22. The molecular formula is C17H17N5O. The van der Waals surface area contributed by atoms with Crippen molar-refractivity contribution in [3.05, 3.63) is 65.4 Å². The maximum absolute atomic E-state index is 12.5. The van der Waals surface area contributed by atoms with Gasteiger partial charge in [-0.1, -0.05) is 36.4 Å². The first-order valence-corrected chi connectivity index (χ1v) is 7.25. The summed E-state index contributed by atoms with van der Waals surface area (Å²) in [5.41, 5.74) is 3.85. The molecule has 23 heavy (non-hydrogen) atoms. The molecule has 0 unspecified atom stereocenters. The molecule has 0 atom stereocenters. The van der Waals surface area contributed by atoms with Gasteiger partial charge in [0, 0.05) is 11.4 Å². The van der Waals surface area contributed by atoms with Crippen LogP contribution in [0, 0.1) is 13.8 Å². The quantitative estimate of drug-likeness (QED) is 0.689.